The fourth-order valence-corrected chi connectivity index (χ4v) is 2.49. The zero-order chi connectivity index (χ0) is 11.8. The molecule has 17 heavy (non-hydrogen) atoms. The van der Waals surface area contributed by atoms with Crippen LogP contribution >= 0.6 is 11.6 Å². The van der Waals surface area contributed by atoms with Gasteiger partial charge in [-0.05, 0) is 23.3 Å². The summed E-state index contributed by atoms with van der Waals surface area (Å²) in [7, 11) is 0. The second-order valence-electron chi connectivity index (χ2n) is 3.99. The molecule has 1 N–H and O–H groups in total. The molecular formula is C14H10ClNO. The molecule has 84 valence electrons. The van der Waals surface area contributed by atoms with E-state index >= 15 is 0 Å². The van der Waals surface area contributed by atoms with Crippen molar-refractivity contribution in [1.29, 1.82) is 0 Å². The average molecular weight is 244 g/mol. The predicted octanol–water partition coefficient (Wildman–Crippen LogP) is 3.58. The van der Waals surface area contributed by atoms with Crippen molar-refractivity contribution >= 4 is 23.2 Å². The van der Waals surface area contributed by atoms with Gasteiger partial charge in [-0.25, -0.2) is 0 Å². The first-order valence-electron chi connectivity index (χ1n) is 5.40. The third kappa shape index (κ3) is 1.61. The van der Waals surface area contributed by atoms with Crippen molar-refractivity contribution in [3.63, 3.8) is 0 Å². The van der Waals surface area contributed by atoms with Crippen LogP contribution in [0.15, 0.2) is 48.5 Å². The van der Waals surface area contributed by atoms with E-state index in [2.05, 4.69) is 5.32 Å². The van der Waals surface area contributed by atoms with E-state index in [4.69, 9.17) is 11.6 Å². The van der Waals surface area contributed by atoms with Gasteiger partial charge in [0.1, 0.15) is 0 Å². The highest BCUT2D eigenvalue weighted by atomic mass is 35.5. The first-order valence-corrected chi connectivity index (χ1v) is 5.84. The molecule has 1 aliphatic heterocycles. The van der Waals surface area contributed by atoms with Crippen LogP contribution in [-0.4, -0.2) is 5.91 Å². The molecule has 2 aromatic rings. The van der Waals surface area contributed by atoms with E-state index in [0.717, 1.165) is 16.8 Å². The molecule has 0 bridgehead atoms. The standard InChI is InChI=1S/C14H10ClNO/c15-13-9-5-1-2-6-10(9)14(17)16-12-8-4-3-7-11(12)13/h1-8,13H,(H,16,17). The second kappa shape index (κ2) is 3.90. The Balaban J connectivity index is 2.26. The van der Waals surface area contributed by atoms with E-state index in [0.29, 0.717) is 5.56 Å². The molecule has 0 fully saturated rings. The Morgan fingerprint density at radius 1 is 0.941 bits per heavy atom. The molecule has 1 heterocycles. The van der Waals surface area contributed by atoms with Crippen LogP contribution in [0.3, 0.4) is 0 Å². The summed E-state index contributed by atoms with van der Waals surface area (Å²) >= 11 is 6.46. The monoisotopic (exact) mass is 243 g/mol. The predicted molar refractivity (Wildman–Crippen MR) is 68.5 cm³/mol. The number of benzene rings is 2. The lowest BCUT2D eigenvalue weighted by Gasteiger charge is -2.11. The van der Waals surface area contributed by atoms with Crippen LogP contribution < -0.4 is 5.32 Å². The number of hydrogen-bond acceptors (Lipinski definition) is 1. The molecule has 0 saturated carbocycles. The number of rotatable bonds is 0. The Hall–Kier alpha value is -1.80. The average Bonchev–Trinajstić information content (AvgIpc) is 2.48. The molecule has 1 aliphatic rings. The summed E-state index contributed by atoms with van der Waals surface area (Å²) in [6.07, 6.45) is 0. The van der Waals surface area contributed by atoms with Crippen molar-refractivity contribution in [3.05, 3.63) is 65.2 Å². The van der Waals surface area contributed by atoms with Gasteiger partial charge in [0, 0.05) is 11.3 Å². The van der Waals surface area contributed by atoms with Crippen LogP contribution in [0.5, 0.6) is 0 Å². The number of fused-ring (bicyclic) bond motifs is 2. The summed E-state index contributed by atoms with van der Waals surface area (Å²) in [5.74, 6) is -0.101. The Kier molecular flexibility index (Phi) is 2.37. The minimum Gasteiger partial charge on any atom is -0.322 e. The largest absolute Gasteiger partial charge is 0.322 e. The van der Waals surface area contributed by atoms with Crippen LogP contribution in [-0.2, 0) is 0 Å². The first-order chi connectivity index (χ1) is 8.27. The Bertz CT molecular complexity index is 594. The molecule has 0 saturated heterocycles. The van der Waals surface area contributed by atoms with Crippen molar-refractivity contribution in [2.45, 2.75) is 5.38 Å². The Morgan fingerprint density at radius 2 is 1.59 bits per heavy atom. The van der Waals surface area contributed by atoms with Crippen molar-refractivity contribution in [3.8, 4) is 0 Å². The molecular weight excluding hydrogens is 234 g/mol. The number of hydrogen-bond donors (Lipinski definition) is 1. The van der Waals surface area contributed by atoms with E-state index in [1.165, 1.54) is 0 Å². The van der Waals surface area contributed by atoms with Gasteiger partial charge in [0.25, 0.3) is 5.91 Å². The number of para-hydroxylation sites is 1. The number of carbonyl (C=O) groups is 1. The van der Waals surface area contributed by atoms with Crippen molar-refractivity contribution in [2.75, 3.05) is 5.32 Å². The van der Waals surface area contributed by atoms with Crippen LogP contribution in [0.25, 0.3) is 0 Å². The highest BCUT2D eigenvalue weighted by Gasteiger charge is 2.25. The van der Waals surface area contributed by atoms with Gasteiger partial charge >= 0.3 is 0 Å². The van der Waals surface area contributed by atoms with Gasteiger partial charge in [-0.3, -0.25) is 4.79 Å². The van der Waals surface area contributed by atoms with Crippen molar-refractivity contribution in [2.24, 2.45) is 0 Å². The van der Waals surface area contributed by atoms with Crippen LogP contribution in [0, 0.1) is 0 Å². The molecule has 0 radical (unpaired) electrons. The van der Waals surface area contributed by atoms with Gasteiger partial charge in [0.15, 0.2) is 0 Å². The molecule has 0 aliphatic carbocycles. The summed E-state index contributed by atoms with van der Waals surface area (Å²) in [4.78, 5) is 12.0. The van der Waals surface area contributed by atoms with Gasteiger partial charge < -0.3 is 5.32 Å². The SMILES string of the molecule is O=C1Nc2ccccc2C(Cl)c2ccccc21. The van der Waals surface area contributed by atoms with E-state index < -0.39 is 0 Å². The summed E-state index contributed by atoms with van der Waals surface area (Å²) in [6, 6.07) is 15.1. The zero-order valence-electron chi connectivity index (χ0n) is 8.98. The molecule has 1 atom stereocenters. The molecule has 3 rings (SSSR count). The maximum atomic E-state index is 12.0. The summed E-state index contributed by atoms with van der Waals surface area (Å²) < 4.78 is 0. The molecule has 2 nitrogen and oxygen atoms in total. The van der Waals surface area contributed by atoms with Gasteiger partial charge in [-0.1, -0.05) is 36.4 Å². The van der Waals surface area contributed by atoms with E-state index in [9.17, 15) is 4.79 Å². The van der Waals surface area contributed by atoms with Gasteiger partial charge in [-0.15, -0.1) is 11.6 Å². The normalized spacial score (nSPS) is 17.7. The molecule has 2 aromatic carbocycles. The van der Waals surface area contributed by atoms with E-state index in [1.807, 2.05) is 42.5 Å². The van der Waals surface area contributed by atoms with Crippen molar-refractivity contribution in [1.82, 2.24) is 0 Å². The molecule has 3 heteroatoms. The summed E-state index contributed by atoms with van der Waals surface area (Å²) in [5, 5.41) is 2.60. The summed E-state index contributed by atoms with van der Waals surface area (Å²) in [6.45, 7) is 0. The number of amides is 1. The third-order valence-electron chi connectivity index (χ3n) is 2.96. The minimum absolute atomic E-state index is 0.101. The second-order valence-corrected chi connectivity index (χ2v) is 4.43. The first kappa shape index (κ1) is 10.4. The molecule has 1 unspecified atom stereocenters. The fraction of sp³-hybridized carbons (Fsp3) is 0.0714. The number of halogens is 1. The molecule has 1 amide bonds. The van der Waals surface area contributed by atoms with Crippen LogP contribution in [0.4, 0.5) is 5.69 Å². The lowest BCUT2D eigenvalue weighted by molar-refractivity contribution is 0.102. The Labute approximate surface area is 104 Å². The zero-order valence-corrected chi connectivity index (χ0v) is 9.74. The molecule has 0 aromatic heterocycles. The van der Waals surface area contributed by atoms with E-state index in [1.54, 1.807) is 6.07 Å². The lowest BCUT2D eigenvalue weighted by Crippen LogP contribution is -2.11. The quantitative estimate of drug-likeness (QED) is 0.704. The number of anilines is 1. The van der Waals surface area contributed by atoms with Crippen LogP contribution in [0.1, 0.15) is 26.9 Å². The van der Waals surface area contributed by atoms with Gasteiger partial charge in [0.05, 0.1) is 5.38 Å². The minimum atomic E-state index is -0.290. The maximum absolute atomic E-state index is 12.0. The summed E-state index contributed by atoms with van der Waals surface area (Å²) in [5.41, 5.74) is 3.22. The van der Waals surface area contributed by atoms with E-state index in [-0.39, 0.29) is 11.3 Å². The lowest BCUT2D eigenvalue weighted by atomic mass is 10.00. The van der Waals surface area contributed by atoms with Crippen LogP contribution in [0.2, 0.25) is 0 Å². The van der Waals surface area contributed by atoms with Gasteiger partial charge in [-0.2, -0.15) is 0 Å². The third-order valence-corrected chi connectivity index (χ3v) is 3.43. The van der Waals surface area contributed by atoms with Crippen molar-refractivity contribution < 1.29 is 4.79 Å². The fourth-order valence-electron chi connectivity index (χ4n) is 2.11. The molecule has 0 spiro atoms. The smallest absolute Gasteiger partial charge is 0.256 e. The Morgan fingerprint density at radius 3 is 2.41 bits per heavy atom. The highest BCUT2D eigenvalue weighted by Crippen LogP contribution is 2.37. The number of alkyl halides is 1. The number of nitrogens with one attached hydrogen (secondary N) is 1. The number of carbonyl (C=O) groups excluding carboxylic acids is 1. The highest BCUT2D eigenvalue weighted by molar-refractivity contribution is 6.25. The topological polar surface area (TPSA) is 29.1 Å². The van der Waals surface area contributed by atoms with Gasteiger partial charge in [0.2, 0.25) is 0 Å². The maximum Gasteiger partial charge on any atom is 0.256 e.